The highest BCUT2D eigenvalue weighted by atomic mass is 35.5. The molecule has 1 atom stereocenters. The van der Waals surface area contributed by atoms with Gasteiger partial charge in [-0.1, -0.05) is 23.7 Å². The normalized spacial score (nSPS) is 12.4. The molecule has 0 aliphatic heterocycles. The summed E-state index contributed by atoms with van der Waals surface area (Å²) in [6.07, 6.45) is 0. The van der Waals surface area contributed by atoms with Crippen molar-refractivity contribution >= 4 is 11.6 Å². The Morgan fingerprint density at radius 3 is 2.55 bits per heavy atom. The fourth-order valence-corrected chi connectivity index (χ4v) is 2.10. The van der Waals surface area contributed by atoms with Crippen LogP contribution in [0.4, 0.5) is 8.78 Å². The third-order valence-corrected chi connectivity index (χ3v) is 3.34. The monoisotopic (exact) mass is 297 g/mol. The van der Waals surface area contributed by atoms with E-state index < -0.39 is 11.6 Å². The molecule has 2 aromatic rings. The van der Waals surface area contributed by atoms with Crippen molar-refractivity contribution in [2.45, 2.75) is 19.5 Å². The van der Waals surface area contributed by atoms with Gasteiger partial charge in [-0.15, -0.1) is 0 Å². The zero-order chi connectivity index (χ0) is 14.7. The number of hydrogen-bond acceptors (Lipinski definition) is 2. The van der Waals surface area contributed by atoms with Crippen LogP contribution in [0.3, 0.4) is 0 Å². The van der Waals surface area contributed by atoms with Gasteiger partial charge in [0, 0.05) is 24.2 Å². The van der Waals surface area contributed by atoms with E-state index >= 15 is 0 Å². The van der Waals surface area contributed by atoms with Gasteiger partial charge < -0.3 is 10.4 Å². The summed E-state index contributed by atoms with van der Waals surface area (Å²) in [7, 11) is 0. The molecule has 2 rings (SSSR count). The standard InChI is InChI=1S/C15H14ClF2NO/c1-9(12-4-3-11(20)7-15(12)18)19-8-10-2-5-14(17)13(16)6-10/h2-7,9,19-20H,8H2,1H3. The highest BCUT2D eigenvalue weighted by molar-refractivity contribution is 6.30. The second-order valence-corrected chi connectivity index (χ2v) is 4.96. The number of rotatable bonds is 4. The molecule has 5 heteroatoms. The molecule has 20 heavy (non-hydrogen) atoms. The minimum absolute atomic E-state index is 0.0627. The lowest BCUT2D eigenvalue weighted by Crippen LogP contribution is -2.19. The second-order valence-electron chi connectivity index (χ2n) is 4.56. The number of phenolic OH excluding ortho intramolecular Hbond substituents is 1. The summed E-state index contributed by atoms with van der Waals surface area (Å²) >= 11 is 5.70. The second kappa shape index (κ2) is 6.20. The molecule has 2 aromatic carbocycles. The van der Waals surface area contributed by atoms with Crippen molar-refractivity contribution in [3.05, 3.63) is 64.2 Å². The van der Waals surface area contributed by atoms with Crippen LogP contribution in [0.15, 0.2) is 36.4 Å². The molecule has 0 heterocycles. The van der Waals surface area contributed by atoms with Crippen molar-refractivity contribution in [1.29, 1.82) is 0 Å². The quantitative estimate of drug-likeness (QED) is 0.887. The average molecular weight is 298 g/mol. The summed E-state index contributed by atoms with van der Waals surface area (Å²) in [5.41, 5.74) is 1.26. The summed E-state index contributed by atoms with van der Waals surface area (Å²) in [4.78, 5) is 0. The maximum absolute atomic E-state index is 13.7. The highest BCUT2D eigenvalue weighted by Crippen LogP contribution is 2.22. The van der Waals surface area contributed by atoms with E-state index in [1.807, 2.05) is 0 Å². The number of aromatic hydroxyl groups is 1. The molecule has 2 nitrogen and oxygen atoms in total. The van der Waals surface area contributed by atoms with Crippen LogP contribution >= 0.6 is 11.6 Å². The first kappa shape index (κ1) is 14.8. The molecule has 0 amide bonds. The minimum Gasteiger partial charge on any atom is -0.508 e. The molecule has 0 spiro atoms. The summed E-state index contributed by atoms with van der Waals surface area (Å²) in [5, 5.41) is 12.4. The first-order chi connectivity index (χ1) is 9.47. The molecule has 0 saturated carbocycles. The molecular weight excluding hydrogens is 284 g/mol. The van der Waals surface area contributed by atoms with Crippen LogP contribution in [-0.4, -0.2) is 5.11 Å². The van der Waals surface area contributed by atoms with Crippen molar-refractivity contribution in [3.8, 4) is 5.75 Å². The van der Waals surface area contributed by atoms with Crippen molar-refractivity contribution < 1.29 is 13.9 Å². The van der Waals surface area contributed by atoms with Gasteiger partial charge in [0.1, 0.15) is 17.4 Å². The van der Waals surface area contributed by atoms with Crippen molar-refractivity contribution in [1.82, 2.24) is 5.32 Å². The number of benzene rings is 2. The first-order valence-electron chi connectivity index (χ1n) is 6.13. The SMILES string of the molecule is CC(NCc1ccc(F)c(Cl)c1)c1ccc(O)cc1F. The zero-order valence-electron chi connectivity index (χ0n) is 10.8. The van der Waals surface area contributed by atoms with Gasteiger partial charge >= 0.3 is 0 Å². The summed E-state index contributed by atoms with van der Waals surface area (Å²) in [5.74, 6) is -1.04. The largest absolute Gasteiger partial charge is 0.508 e. The van der Waals surface area contributed by atoms with Crippen LogP contribution in [0.5, 0.6) is 5.75 Å². The maximum atomic E-state index is 13.7. The predicted octanol–water partition coefficient (Wildman–Crippen LogP) is 4.17. The van der Waals surface area contributed by atoms with Crippen molar-refractivity contribution in [3.63, 3.8) is 0 Å². The fraction of sp³-hybridized carbons (Fsp3) is 0.200. The number of nitrogens with one attached hydrogen (secondary N) is 1. The Balaban J connectivity index is 2.04. The molecule has 0 aliphatic rings. The average Bonchev–Trinajstić information content (AvgIpc) is 2.40. The Hall–Kier alpha value is -1.65. The lowest BCUT2D eigenvalue weighted by Gasteiger charge is -2.15. The van der Waals surface area contributed by atoms with E-state index in [-0.39, 0.29) is 16.8 Å². The third kappa shape index (κ3) is 3.46. The Morgan fingerprint density at radius 1 is 1.15 bits per heavy atom. The number of phenols is 1. The van der Waals surface area contributed by atoms with Gasteiger partial charge in [0.25, 0.3) is 0 Å². The van der Waals surface area contributed by atoms with Gasteiger partial charge in [-0.2, -0.15) is 0 Å². The topological polar surface area (TPSA) is 32.3 Å². The van der Waals surface area contributed by atoms with Crippen LogP contribution in [-0.2, 0) is 6.54 Å². The number of hydrogen-bond donors (Lipinski definition) is 2. The van der Waals surface area contributed by atoms with Crippen LogP contribution in [0.2, 0.25) is 5.02 Å². The Morgan fingerprint density at radius 2 is 1.90 bits per heavy atom. The molecule has 1 unspecified atom stereocenters. The third-order valence-electron chi connectivity index (χ3n) is 3.05. The molecule has 0 radical (unpaired) electrons. The van der Waals surface area contributed by atoms with Crippen LogP contribution in [0, 0.1) is 11.6 Å². The van der Waals surface area contributed by atoms with Gasteiger partial charge in [0.15, 0.2) is 0 Å². The summed E-state index contributed by atoms with van der Waals surface area (Å²) in [6, 6.07) is 8.23. The van der Waals surface area contributed by atoms with E-state index in [9.17, 15) is 13.9 Å². The molecule has 0 saturated heterocycles. The Labute approximate surface area is 121 Å². The number of halogens is 3. The lowest BCUT2D eigenvalue weighted by atomic mass is 10.1. The van der Waals surface area contributed by atoms with Gasteiger partial charge in [0.05, 0.1) is 5.02 Å². The Kier molecular flexibility index (Phi) is 4.57. The molecule has 0 aromatic heterocycles. The summed E-state index contributed by atoms with van der Waals surface area (Å²) in [6.45, 7) is 2.24. The van der Waals surface area contributed by atoms with E-state index in [1.165, 1.54) is 24.3 Å². The maximum Gasteiger partial charge on any atom is 0.141 e. The molecule has 0 bridgehead atoms. The van der Waals surface area contributed by atoms with Crippen molar-refractivity contribution in [2.75, 3.05) is 0 Å². The van der Waals surface area contributed by atoms with E-state index in [1.54, 1.807) is 13.0 Å². The lowest BCUT2D eigenvalue weighted by molar-refractivity contribution is 0.463. The van der Waals surface area contributed by atoms with Crippen LogP contribution in [0.1, 0.15) is 24.1 Å². The molecule has 106 valence electrons. The first-order valence-corrected chi connectivity index (χ1v) is 6.51. The molecular formula is C15H14ClF2NO. The van der Waals surface area contributed by atoms with E-state index in [4.69, 9.17) is 11.6 Å². The smallest absolute Gasteiger partial charge is 0.141 e. The minimum atomic E-state index is -0.470. The molecule has 0 aliphatic carbocycles. The summed E-state index contributed by atoms with van der Waals surface area (Å²) < 4.78 is 26.7. The highest BCUT2D eigenvalue weighted by Gasteiger charge is 2.11. The fourth-order valence-electron chi connectivity index (χ4n) is 1.90. The van der Waals surface area contributed by atoms with Crippen molar-refractivity contribution in [2.24, 2.45) is 0 Å². The molecule has 0 fully saturated rings. The van der Waals surface area contributed by atoms with E-state index in [2.05, 4.69) is 5.32 Å². The predicted molar refractivity (Wildman–Crippen MR) is 74.7 cm³/mol. The van der Waals surface area contributed by atoms with Crippen LogP contribution in [0.25, 0.3) is 0 Å². The van der Waals surface area contributed by atoms with Gasteiger partial charge in [-0.05, 0) is 30.7 Å². The van der Waals surface area contributed by atoms with Gasteiger partial charge in [0.2, 0.25) is 0 Å². The zero-order valence-corrected chi connectivity index (χ0v) is 11.6. The van der Waals surface area contributed by atoms with Crippen LogP contribution < -0.4 is 5.32 Å². The Bertz CT molecular complexity index is 619. The molecule has 2 N–H and O–H groups in total. The van der Waals surface area contributed by atoms with E-state index in [0.717, 1.165) is 11.6 Å². The van der Waals surface area contributed by atoms with Gasteiger partial charge in [-0.3, -0.25) is 0 Å². The van der Waals surface area contributed by atoms with Gasteiger partial charge in [-0.25, -0.2) is 8.78 Å². The van der Waals surface area contributed by atoms with E-state index in [0.29, 0.717) is 12.1 Å².